The van der Waals surface area contributed by atoms with Crippen LogP contribution in [0.4, 0.5) is 5.82 Å². The molecular weight excluding hydrogens is 242 g/mol. The molecule has 1 fully saturated rings. The van der Waals surface area contributed by atoms with Gasteiger partial charge < -0.3 is 14.5 Å². The third kappa shape index (κ3) is 3.16. The molecular formula is C14H21N3O2. The van der Waals surface area contributed by atoms with E-state index >= 15 is 0 Å². The Hall–Kier alpha value is -1.78. The third-order valence-electron chi connectivity index (χ3n) is 3.44. The topological polar surface area (TPSA) is 45.7 Å². The second-order valence-electron chi connectivity index (χ2n) is 4.83. The molecule has 0 N–H and O–H groups in total. The molecule has 1 aliphatic heterocycles. The molecule has 0 saturated carbocycles. The first-order valence-corrected chi connectivity index (χ1v) is 6.64. The van der Waals surface area contributed by atoms with E-state index in [1.54, 1.807) is 14.0 Å². The van der Waals surface area contributed by atoms with Crippen molar-refractivity contribution in [3.05, 3.63) is 17.8 Å². The first-order chi connectivity index (χ1) is 9.11. The van der Waals surface area contributed by atoms with Crippen LogP contribution in [0.2, 0.25) is 0 Å². The number of pyridine rings is 1. The summed E-state index contributed by atoms with van der Waals surface area (Å²) in [4.78, 5) is 20.1. The monoisotopic (exact) mass is 263 g/mol. The number of amides is 1. The fourth-order valence-corrected chi connectivity index (χ4v) is 2.36. The lowest BCUT2D eigenvalue weighted by Crippen LogP contribution is -2.34. The van der Waals surface area contributed by atoms with Crippen molar-refractivity contribution in [2.24, 2.45) is 0 Å². The van der Waals surface area contributed by atoms with E-state index in [1.807, 2.05) is 24.0 Å². The van der Waals surface area contributed by atoms with E-state index in [2.05, 4.69) is 9.88 Å². The van der Waals surface area contributed by atoms with Crippen LogP contribution in [0.3, 0.4) is 0 Å². The maximum Gasteiger partial charge on any atom is 0.219 e. The van der Waals surface area contributed by atoms with Crippen LogP contribution in [0.25, 0.3) is 0 Å². The SMILES string of the molecule is COc1ccc(C)nc1N1CCCN(C(C)=O)CC1. The number of aryl methyl sites for hydroxylation is 1. The molecule has 5 nitrogen and oxygen atoms in total. The molecule has 2 heterocycles. The van der Waals surface area contributed by atoms with Crippen molar-refractivity contribution < 1.29 is 9.53 Å². The second-order valence-corrected chi connectivity index (χ2v) is 4.83. The summed E-state index contributed by atoms with van der Waals surface area (Å²) < 4.78 is 5.38. The predicted molar refractivity (Wildman–Crippen MR) is 74.6 cm³/mol. The summed E-state index contributed by atoms with van der Waals surface area (Å²) in [7, 11) is 1.66. The number of aromatic nitrogens is 1. The smallest absolute Gasteiger partial charge is 0.219 e. The number of hydrogen-bond acceptors (Lipinski definition) is 4. The van der Waals surface area contributed by atoms with Crippen LogP contribution in [0.5, 0.6) is 5.75 Å². The summed E-state index contributed by atoms with van der Waals surface area (Å²) in [5.41, 5.74) is 0.975. The summed E-state index contributed by atoms with van der Waals surface area (Å²) in [5, 5.41) is 0. The number of nitrogens with zero attached hydrogens (tertiary/aromatic N) is 3. The second kappa shape index (κ2) is 5.91. The zero-order valence-electron chi connectivity index (χ0n) is 11.8. The number of carbonyl (C=O) groups excluding carboxylic acids is 1. The van der Waals surface area contributed by atoms with Gasteiger partial charge in [-0.1, -0.05) is 0 Å². The number of ether oxygens (including phenoxy) is 1. The van der Waals surface area contributed by atoms with Gasteiger partial charge in [-0.3, -0.25) is 4.79 Å². The summed E-state index contributed by atoms with van der Waals surface area (Å²) in [5.74, 6) is 1.82. The quantitative estimate of drug-likeness (QED) is 0.810. The number of rotatable bonds is 2. The first-order valence-electron chi connectivity index (χ1n) is 6.64. The van der Waals surface area contributed by atoms with Crippen LogP contribution in [-0.2, 0) is 4.79 Å². The largest absolute Gasteiger partial charge is 0.493 e. The molecule has 19 heavy (non-hydrogen) atoms. The fraction of sp³-hybridized carbons (Fsp3) is 0.571. The summed E-state index contributed by atoms with van der Waals surface area (Å²) in [6.45, 7) is 6.86. The van der Waals surface area contributed by atoms with Gasteiger partial charge in [0, 0.05) is 38.8 Å². The molecule has 5 heteroatoms. The number of anilines is 1. The summed E-state index contributed by atoms with van der Waals surface area (Å²) in [6, 6.07) is 3.90. The van der Waals surface area contributed by atoms with E-state index in [4.69, 9.17) is 4.74 Å². The maximum absolute atomic E-state index is 11.4. The molecule has 0 spiro atoms. The molecule has 0 bridgehead atoms. The lowest BCUT2D eigenvalue weighted by molar-refractivity contribution is -0.128. The van der Waals surface area contributed by atoms with Crippen molar-refractivity contribution in [2.45, 2.75) is 20.3 Å². The minimum atomic E-state index is 0.144. The van der Waals surface area contributed by atoms with Gasteiger partial charge in [-0.25, -0.2) is 4.98 Å². The fourth-order valence-electron chi connectivity index (χ4n) is 2.36. The van der Waals surface area contributed by atoms with Crippen LogP contribution in [0.1, 0.15) is 19.0 Å². The van der Waals surface area contributed by atoms with E-state index in [0.29, 0.717) is 0 Å². The minimum Gasteiger partial charge on any atom is -0.493 e. The third-order valence-corrected chi connectivity index (χ3v) is 3.44. The Kier molecular flexibility index (Phi) is 4.24. The Morgan fingerprint density at radius 2 is 2.05 bits per heavy atom. The van der Waals surface area contributed by atoms with Gasteiger partial charge >= 0.3 is 0 Å². The van der Waals surface area contributed by atoms with Crippen LogP contribution >= 0.6 is 0 Å². The molecule has 1 aromatic heterocycles. The summed E-state index contributed by atoms with van der Waals surface area (Å²) in [6.07, 6.45) is 0.957. The standard InChI is InChI=1S/C14H21N3O2/c1-11-5-6-13(19-3)14(15-11)17-8-4-7-16(9-10-17)12(2)18/h5-6H,4,7-10H2,1-3H3. The highest BCUT2D eigenvalue weighted by Gasteiger charge is 2.20. The molecule has 104 valence electrons. The molecule has 2 rings (SSSR count). The highest BCUT2D eigenvalue weighted by molar-refractivity contribution is 5.73. The van der Waals surface area contributed by atoms with E-state index in [1.165, 1.54) is 0 Å². The van der Waals surface area contributed by atoms with Crippen molar-refractivity contribution in [3.8, 4) is 5.75 Å². The van der Waals surface area contributed by atoms with Crippen LogP contribution in [-0.4, -0.2) is 49.1 Å². The molecule has 1 aliphatic rings. The van der Waals surface area contributed by atoms with Gasteiger partial charge in [-0.2, -0.15) is 0 Å². The van der Waals surface area contributed by atoms with Crippen LogP contribution < -0.4 is 9.64 Å². The Balaban J connectivity index is 2.18. The van der Waals surface area contributed by atoms with Gasteiger partial charge in [0.05, 0.1) is 7.11 Å². The Morgan fingerprint density at radius 3 is 2.74 bits per heavy atom. The molecule has 0 radical (unpaired) electrons. The van der Waals surface area contributed by atoms with E-state index in [9.17, 15) is 4.79 Å². The number of methoxy groups -OCH3 is 1. The van der Waals surface area contributed by atoms with Crippen molar-refractivity contribution in [1.29, 1.82) is 0 Å². The molecule has 1 saturated heterocycles. The molecule has 0 atom stereocenters. The van der Waals surface area contributed by atoms with Crippen molar-refractivity contribution in [3.63, 3.8) is 0 Å². The van der Waals surface area contributed by atoms with E-state index < -0.39 is 0 Å². The molecule has 1 amide bonds. The van der Waals surface area contributed by atoms with Gasteiger partial charge in [0.2, 0.25) is 5.91 Å². The van der Waals surface area contributed by atoms with Gasteiger partial charge in [0.25, 0.3) is 0 Å². The Morgan fingerprint density at radius 1 is 1.26 bits per heavy atom. The molecule has 0 aromatic carbocycles. The van der Waals surface area contributed by atoms with E-state index in [0.717, 1.165) is 49.9 Å². The highest BCUT2D eigenvalue weighted by Crippen LogP contribution is 2.26. The number of carbonyl (C=O) groups is 1. The van der Waals surface area contributed by atoms with Crippen LogP contribution in [0.15, 0.2) is 12.1 Å². The normalized spacial score (nSPS) is 16.2. The maximum atomic E-state index is 11.4. The zero-order valence-corrected chi connectivity index (χ0v) is 11.8. The van der Waals surface area contributed by atoms with E-state index in [-0.39, 0.29) is 5.91 Å². The van der Waals surface area contributed by atoms with Crippen LogP contribution in [0, 0.1) is 6.92 Å². The van der Waals surface area contributed by atoms with Gasteiger partial charge in [0.15, 0.2) is 11.6 Å². The molecule has 1 aromatic rings. The van der Waals surface area contributed by atoms with Gasteiger partial charge in [-0.15, -0.1) is 0 Å². The van der Waals surface area contributed by atoms with Crippen molar-refractivity contribution in [2.75, 3.05) is 38.2 Å². The lowest BCUT2D eigenvalue weighted by atomic mass is 10.3. The lowest BCUT2D eigenvalue weighted by Gasteiger charge is -2.24. The minimum absolute atomic E-state index is 0.144. The molecule has 0 aliphatic carbocycles. The van der Waals surface area contributed by atoms with Gasteiger partial charge in [0.1, 0.15) is 0 Å². The van der Waals surface area contributed by atoms with Gasteiger partial charge in [-0.05, 0) is 25.5 Å². The Labute approximate surface area is 114 Å². The summed E-state index contributed by atoms with van der Waals surface area (Å²) >= 11 is 0. The average Bonchev–Trinajstić information content (AvgIpc) is 2.64. The zero-order chi connectivity index (χ0) is 13.8. The number of hydrogen-bond donors (Lipinski definition) is 0. The predicted octanol–water partition coefficient (Wildman–Crippen LogP) is 1.46. The average molecular weight is 263 g/mol. The van der Waals surface area contributed by atoms with Crippen molar-refractivity contribution >= 4 is 11.7 Å². The molecule has 0 unspecified atom stereocenters. The first kappa shape index (κ1) is 13.6. The highest BCUT2D eigenvalue weighted by atomic mass is 16.5. The van der Waals surface area contributed by atoms with Crippen molar-refractivity contribution in [1.82, 2.24) is 9.88 Å². The Bertz CT molecular complexity index is 462.